The molecular formula is C18H22O6. The SMILES string of the molecule is COC(=O)[C@@H]1C(=O)C[C@](C)(O)[C@@H](C(=O)OC)[C@H]1c1ccc(C)cc1. The van der Waals surface area contributed by atoms with E-state index in [0.717, 1.165) is 5.56 Å². The van der Waals surface area contributed by atoms with E-state index in [0.29, 0.717) is 5.56 Å². The van der Waals surface area contributed by atoms with E-state index in [1.165, 1.54) is 21.1 Å². The molecule has 0 aliphatic heterocycles. The van der Waals surface area contributed by atoms with Gasteiger partial charge in [0, 0.05) is 12.3 Å². The maximum absolute atomic E-state index is 12.5. The van der Waals surface area contributed by atoms with Gasteiger partial charge >= 0.3 is 11.9 Å². The second-order valence-corrected chi connectivity index (χ2v) is 6.44. The first-order valence-electron chi connectivity index (χ1n) is 7.70. The second-order valence-electron chi connectivity index (χ2n) is 6.44. The molecule has 1 aliphatic rings. The van der Waals surface area contributed by atoms with E-state index in [1.807, 2.05) is 19.1 Å². The number of aliphatic hydroxyl groups is 1. The largest absolute Gasteiger partial charge is 0.469 e. The molecule has 0 saturated heterocycles. The van der Waals surface area contributed by atoms with Gasteiger partial charge < -0.3 is 14.6 Å². The molecule has 6 heteroatoms. The zero-order chi connectivity index (χ0) is 18.1. The third-order valence-corrected chi connectivity index (χ3v) is 4.64. The summed E-state index contributed by atoms with van der Waals surface area (Å²) in [6.45, 7) is 3.32. The van der Waals surface area contributed by atoms with E-state index in [-0.39, 0.29) is 6.42 Å². The number of carbonyl (C=O) groups excluding carboxylic acids is 3. The van der Waals surface area contributed by atoms with Crippen LogP contribution in [0.4, 0.5) is 0 Å². The lowest BCUT2D eigenvalue weighted by atomic mass is 9.61. The van der Waals surface area contributed by atoms with Crippen LogP contribution in [-0.2, 0) is 23.9 Å². The molecule has 0 unspecified atom stereocenters. The Morgan fingerprint density at radius 3 is 2.17 bits per heavy atom. The van der Waals surface area contributed by atoms with Crippen LogP contribution in [0.25, 0.3) is 0 Å². The van der Waals surface area contributed by atoms with Crippen LogP contribution in [-0.4, -0.2) is 42.6 Å². The third kappa shape index (κ3) is 3.19. The van der Waals surface area contributed by atoms with Crippen LogP contribution in [0.5, 0.6) is 0 Å². The molecular weight excluding hydrogens is 312 g/mol. The van der Waals surface area contributed by atoms with Crippen molar-refractivity contribution in [2.75, 3.05) is 14.2 Å². The maximum Gasteiger partial charge on any atom is 0.316 e. The molecule has 1 aromatic carbocycles. The van der Waals surface area contributed by atoms with Crippen molar-refractivity contribution in [2.24, 2.45) is 11.8 Å². The van der Waals surface area contributed by atoms with Crippen LogP contribution >= 0.6 is 0 Å². The van der Waals surface area contributed by atoms with Crippen molar-refractivity contribution in [1.82, 2.24) is 0 Å². The van der Waals surface area contributed by atoms with Crippen LogP contribution in [0.2, 0.25) is 0 Å². The van der Waals surface area contributed by atoms with Crippen LogP contribution in [0.3, 0.4) is 0 Å². The van der Waals surface area contributed by atoms with E-state index in [4.69, 9.17) is 9.47 Å². The standard InChI is InChI=1S/C18H22O6/c1-10-5-7-11(8-6-10)13-14(16(20)23-3)12(19)9-18(2,22)15(13)17(21)24-4/h5-8,13-15,22H,9H2,1-4H3/t13-,14+,15+,18-/m0/s1. The summed E-state index contributed by atoms with van der Waals surface area (Å²) in [4.78, 5) is 37.1. The highest BCUT2D eigenvalue weighted by atomic mass is 16.5. The molecule has 0 aromatic heterocycles. The number of carbonyl (C=O) groups is 3. The highest BCUT2D eigenvalue weighted by molar-refractivity contribution is 6.02. The van der Waals surface area contributed by atoms with Gasteiger partial charge in [-0.2, -0.15) is 0 Å². The Balaban J connectivity index is 2.63. The highest BCUT2D eigenvalue weighted by Gasteiger charge is 2.56. The molecule has 0 spiro atoms. The first kappa shape index (κ1) is 18.1. The summed E-state index contributed by atoms with van der Waals surface area (Å²) >= 11 is 0. The van der Waals surface area contributed by atoms with E-state index < -0.39 is 41.1 Å². The lowest BCUT2D eigenvalue weighted by Gasteiger charge is -2.43. The zero-order valence-corrected chi connectivity index (χ0v) is 14.2. The molecule has 1 N–H and O–H groups in total. The quantitative estimate of drug-likeness (QED) is 0.663. The van der Waals surface area contributed by atoms with Gasteiger partial charge in [-0.15, -0.1) is 0 Å². The number of methoxy groups -OCH3 is 2. The van der Waals surface area contributed by atoms with Crippen molar-refractivity contribution in [3.63, 3.8) is 0 Å². The summed E-state index contributed by atoms with van der Waals surface area (Å²) in [5, 5.41) is 10.7. The summed E-state index contributed by atoms with van der Waals surface area (Å²) in [6.07, 6.45) is -0.311. The first-order chi connectivity index (χ1) is 11.2. The fourth-order valence-corrected chi connectivity index (χ4v) is 3.46. The minimum atomic E-state index is -1.61. The Morgan fingerprint density at radius 2 is 1.67 bits per heavy atom. The number of aryl methyl sites for hydroxylation is 1. The number of ether oxygens (including phenoxy) is 2. The maximum atomic E-state index is 12.5. The average molecular weight is 334 g/mol. The average Bonchev–Trinajstić information content (AvgIpc) is 2.53. The summed E-state index contributed by atoms with van der Waals surface area (Å²) in [5.41, 5.74) is 0.00108. The van der Waals surface area contributed by atoms with Crippen molar-refractivity contribution < 1.29 is 29.0 Å². The van der Waals surface area contributed by atoms with Crippen LogP contribution in [0.1, 0.15) is 30.4 Å². The van der Waals surface area contributed by atoms with Crippen LogP contribution in [0.15, 0.2) is 24.3 Å². The molecule has 4 atom stereocenters. The van der Waals surface area contributed by atoms with Crippen molar-refractivity contribution in [2.45, 2.75) is 31.8 Å². The van der Waals surface area contributed by atoms with Gasteiger partial charge in [0.1, 0.15) is 5.92 Å². The van der Waals surface area contributed by atoms with Gasteiger partial charge in [0.2, 0.25) is 0 Å². The molecule has 24 heavy (non-hydrogen) atoms. The lowest BCUT2D eigenvalue weighted by Crippen LogP contribution is -2.55. The van der Waals surface area contributed by atoms with Crippen molar-refractivity contribution in [1.29, 1.82) is 0 Å². The fraction of sp³-hybridized carbons (Fsp3) is 0.500. The normalized spacial score (nSPS) is 29.9. The molecule has 130 valence electrons. The lowest BCUT2D eigenvalue weighted by molar-refractivity contribution is -0.170. The van der Waals surface area contributed by atoms with Gasteiger partial charge in [-0.25, -0.2) is 0 Å². The van der Waals surface area contributed by atoms with Gasteiger partial charge in [0.25, 0.3) is 0 Å². The zero-order valence-electron chi connectivity index (χ0n) is 14.2. The first-order valence-corrected chi connectivity index (χ1v) is 7.70. The summed E-state index contributed by atoms with van der Waals surface area (Å²) in [5.74, 6) is -4.87. The van der Waals surface area contributed by atoms with E-state index in [1.54, 1.807) is 12.1 Å². The van der Waals surface area contributed by atoms with E-state index >= 15 is 0 Å². The fourth-order valence-electron chi connectivity index (χ4n) is 3.46. The van der Waals surface area contributed by atoms with Gasteiger partial charge in [0.15, 0.2) is 5.78 Å². The molecule has 1 aliphatic carbocycles. The molecule has 1 aromatic rings. The number of ketones is 1. The monoisotopic (exact) mass is 334 g/mol. The van der Waals surface area contributed by atoms with E-state index in [9.17, 15) is 19.5 Å². The molecule has 0 heterocycles. The number of hydrogen-bond acceptors (Lipinski definition) is 6. The second kappa shape index (κ2) is 6.73. The smallest absolute Gasteiger partial charge is 0.316 e. The Morgan fingerprint density at radius 1 is 1.12 bits per heavy atom. The van der Waals surface area contributed by atoms with Crippen molar-refractivity contribution in [3.05, 3.63) is 35.4 Å². The Labute approximate surface area is 140 Å². The van der Waals surface area contributed by atoms with E-state index in [2.05, 4.69) is 0 Å². The Hall–Kier alpha value is -2.21. The molecule has 1 fully saturated rings. The van der Waals surface area contributed by atoms with Gasteiger partial charge in [-0.05, 0) is 19.4 Å². The van der Waals surface area contributed by atoms with Crippen molar-refractivity contribution >= 4 is 17.7 Å². The van der Waals surface area contributed by atoms with Crippen molar-refractivity contribution in [3.8, 4) is 0 Å². The summed E-state index contributed by atoms with van der Waals surface area (Å²) < 4.78 is 9.61. The molecule has 1 saturated carbocycles. The van der Waals surface area contributed by atoms with Gasteiger partial charge in [-0.1, -0.05) is 29.8 Å². The van der Waals surface area contributed by atoms with Gasteiger partial charge in [-0.3, -0.25) is 14.4 Å². The summed E-state index contributed by atoms with van der Waals surface area (Å²) in [7, 11) is 2.41. The predicted octanol–water partition coefficient (Wildman–Crippen LogP) is 1.38. The Kier molecular flexibility index (Phi) is 5.08. The number of hydrogen-bond donors (Lipinski definition) is 1. The molecule has 6 nitrogen and oxygen atoms in total. The number of rotatable bonds is 3. The summed E-state index contributed by atoms with van der Waals surface area (Å²) in [6, 6.07) is 7.15. The highest BCUT2D eigenvalue weighted by Crippen LogP contribution is 2.46. The topological polar surface area (TPSA) is 89.9 Å². The number of benzene rings is 1. The van der Waals surface area contributed by atoms with Crippen LogP contribution in [0, 0.1) is 18.8 Å². The van der Waals surface area contributed by atoms with Crippen LogP contribution < -0.4 is 0 Å². The predicted molar refractivity (Wildman–Crippen MR) is 85.2 cm³/mol. The number of Topliss-reactive ketones (excluding diaryl/α,β-unsaturated/α-hetero) is 1. The molecule has 0 radical (unpaired) electrons. The minimum Gasteiger partial charge on any atom is -0.469 e. The third-order valence-electron chi connectivity index (χ3n) is 4.64. The minimum absolute atomic E-state index is 0.311. The molecule has 0 amide bonds. The molecule has 0 bridgehead atoms. The Bertz CT molecular complexity index is 646. The molecule has 2 rings (SSSR count). The van der Waals surface area contributed by atoms with Gasteiger partial charge in [0.05, 0.1) is 25.7 Å². The number of esters is 2.